The summed E-state index contributed by atoms with van der Waals surface area (Å²) in [6.45, 7) is 1.09. The summed E-state index contributed by atoms with van der Waals surface area (Å²) in [4.78, 5) is 29.6. The standard InChI is InChI=1S/C24H30N2O4/c1-30-23(29)24(26(22(28)13-19-27)21-10-6-3-7-11-21)14-17-25(18-15-24)16-12-20-8-4-2-5-9-20/h2-11,27H,12-19H2,1H3/i3D,6D,7D,10D,11D. The van der Waals surface area contributed by atoms with E-state index in [0.29, 0.717) is 13.1 Å². The molecule has 0 bridgehead atoms. The van der Waals surface area contributed by atoms with E-state index in [1.807, 2.05) is 30.3 Å². The summed E-state index contributed by atoms with van der Waals surface area (Å²) in [7, 11) is 1.20. The fourth-order valence-electron chi connectivity index (χ4n) is 3.93. The van der Waals surface area contributed by atoms with Crippen molar-refractivity contribution in [3.63, 3.8) is 0 Å². The maximum atomic E-state index is 13.3. The van der Waals surface area contributed by atoms with Crippen LogP contribution in [0.15, 0.2) is 60.5 Å². The zero-order valence-electron chi connectivity index (χ0n) is 22.1. The van der Waals surface area contributed by atoms with Gasteiger partial charge in [-0.05, 0) is 36.9 Å². The summed E-state index contributed by atoms with van der Waals surface area (Å²) in [6, 6.07) is 6.98. The average Bonchev–Trinajstić information content (AvgIpc) is 2.88. The van der Waals surface area contributed by atoms with Crippen molar-refractivity contribution in [2.45, 2.75) is 31.2 Å². The first kappa shape index (κ1) is 16.1. The van der Waals surface area contributed by atoms with Crippen LogP contribution in [0, 0.1) is 0 Å². The lowest BCUT2D eigenvalue weighted by atomic mass is 9.84. The number of hydrogen-bond donors (Lipinski definition) is 1. The van der Waals surface area contributed by atoms with Gasteiger partial charge < -0.3 is 14.7 Å². The van der Waals surface area contributed by atoms with E-state index in [0.717, 1.165) is 17.9 Å². The molecule has 0 aliphatic carbocycles. The SMILES string of the molecule is [2H]c1c([2H])c([2H])c(N(C(=O)CCO)C2(C(=O)OC)CCN(CCc3ccccc3)CC2)c([2H])c1[2H]. The minimum atomic E-state index is -1.57. The van der Waals surface area contributed by atoms with Gasteiger partial charge in [0.1, 0.15) is 5.54 Å². The monoisotopic (exact) mass is 415 g/mol. The summed E-state index contributed by atoms with van der Waals surface area (Å²) in [6.07, 6.45) is 0.725. The number of ether oxygens (including phenoxy) is 1. The van der Waals surface area contributed by atoms with Crippen molar-refractivity contribution in [1.82, 2.24) is 4.90 Å². The topological polar surface area (TPSA) is 70.1 Å². The molecule has 1 aliphatic rings. The lowest BCUT2D eigenvalue weighted by Gasteiger charge is -2.46. The zero-order chi connectivity index (χ0) is 25.8. The molecule has 6 nitrogen and oxygen atoms in total. The van der Waals surface area contributed by atoms with E-state index >= 15 is 0 Å². The van der Waals surface area contributed by atoms with Gasteiger partial charge in [-0.15, -0.1) is 0 Å². The molecule has 160 valence electrons. The summed E-state index contributed by atoms with van der Waals surface area (Å²) in [5.41, 5.74) is -0.771. The smallest absolute Gasteiger partial charge is 0.332 e. The molecule has 2 aromatic rings. The average molecular weight is 416 g/mol. The number of piperidine rings is 1. The Morgan fingerprint density at radius 1 is 1.17 bits per heavy atom. The maximum absolute atomic E-state index is 13.3. The predicted molar refractivity (Wildman–Crippen MR) is 116 cm³/mol. The third-order valence-corrected chi connectivity index (χ3v) is 5.52. The number of benzene rings is 2. The minimum absolute atomic E-state index is 0.147. The van der Waals surface area contributed by atoms with Crippen LogP contribution < -0.4 is 4.90 Å². The number of methoxy groups -OCH3 is 1. The number of para-hydroxylation sites is 1. The highest BCUT2D eigenvalue weighted by atomic mass is 16.5. The predicted octanol–water partition coefficient (Wildman–Crippen LogP) is 2.65. The molecule has 0 atom stereocenters. The van der Waals surface area contributed by atoms with Crippen molar-refractivity contribution in [3.8, 4) is 0 Å². The van der Waals surface area contributed by atoms with Crippen LogP contribution >= 0.6 is 0 Å². The summed E-state index contributed by atoms with van der Waals surface area (Å²) >= 11 is 0. The fraction of sp³-hybridized carbons (Fsp3) is 0.417. The summed E-state index contributed by atoms with van der Waals surface area (Å²) < 4.78 is 45.9. The highest BCUT2D eigenvalue weighted by molar-refractivity contribution is 6.02. The van der Waals surface area contributed by atoms with Crippen LogP contribution in [-0.2, 0) is 20.7 Å². The van der Waals surface area contributed by atoms with Crippen LogP contribution in [0.25, 0.3) is 0 Å². The first-order valence-corrected chi connectivity index (χ1v) is 10.0. The third-order valence-electron chi connectivity index (χ3n) is 5.52. The van der Waals surface area contributed by atoms with Gasteiger partial charge >= 0.3 is 5.97 Å². The number of carbonyl (C=O) groups is 2. The van der Waals surface area contributed by atoms with Gasteiger partial charge in [0.05, 0.1) is 27.0 Å². The molecule has 0 radical (unpaired) electrons. The van der Waals surface area contributed by atoms with Crippen LogP contribution in [0.4, 0.5) is 5.69 Å². The summed E-state index contributed by atoms with van der Waals surface area (Å²) in [5, 5.41) is 9.45. The van der Waals surface area contributed by atoms with E-state index in [2.05, 4.69) is 4.90 Å². The Labute approximate surface area is 185 Å². The number of esters is 1. The molecule has 1 saturated heterocycles. The molecule has 30 heavy (non-hydrogen) atoms. The van der Waals surface area contributed by atoms with Gasteiger partial charge in [-0.2, -0.15) is 0 Å². The van der Waals surface area contributed by atoms with Crippen LogP contribution in [-0.4, -0.2) is 60.8 Å². The second kappa shape index (κ2) is 10.4. The molecule has 6 heteroatoms. The molecule has 1 fully saturated rings. The molecule has 2 aromatic carbocycles. The number of likely N-dealkylation sites (tertiary alicyclic amines) is 1. The van der Waals surface area contributed by atoms with E-state index in [1.54, 1.807) is 0 Å². The second-order valence-electron chi connectivity index (χ2n) is 7.28. The molecular weight excluding hydrogens is 380 g/mol. The minimum Gasteiger partial charge on any atom is -0.467 e. The van der Waals surface area contributed by atoms with Gasteiger partial charge in [-0.25, -0.2) is 4.79 Å². The quantitative estimate of drug-likeness (QED) is 0.672. The van der Waals surface area contributed by atoms with E-state index < -0.39 is 54.2 Å². The van der Waals surface area contributed by atoms with Crippen molar-refractivity contribution in [2.75, 3.05) is 38.3 Å². The molecule has 0 saturated carbocycles. The molecule has 1 heterocycles. The van der Waals surface area contributed by atoms with Crippen molar-refractivity contribution in [1.29, 1.82) is 0 Å². The van der Waals surface area contributed by atoms with Crippen LogP contribution in [0.5, 0.6) is 0 Å². The first-order valence-electron chi connectivity index (χ1n) is 12.5. The number of nitrogens with zero attached hydrogens (tertiary/aromatic N) is 2. The van der Waals surface area contributed by atoms with Crippen LogP contribution in [0.2, 0.25) is 0 Å². The number of carbonyl (C=O) groups excluding carboxylic acids is 2. The number of amides is 1. The molecule has 0 spiro atoms. The number of anilines is 1. The van der Waals surface area contributed by atoms with Crippen LogP contribution in [0.1, 0.15) is 31.7 Å². The molecule has 0 unspecified atom stereocenters. The highest BCUT2D eigenvalue weighted by Gasteiger charge is 2.49. The lowest BCUT2D eigenvalue weighted by Crippen LogP contribution is -2.63. The van der Waals surface area contributed by atoms with Crippen molar-refractivity contribution >= 4 is 17.6 Å². The number of rotatable bonds is 8. The Morgan fingerprint density at radius 3 is 2.43 bits per heavy atom. The van der Waals surface area contributed by atoms with Crippen molar-refractivity contribution in [2.24, 2.45) is 0 Å². The van der Waals surface area contributed by atoms with Crippen molar-refractivity contribution < 1.29 is 26.3 Å². The Balaban J connectivity index is 2.00. The largest absolute Gasteiger partial charge is 0.467 e. The molecule has 1 N–H and O–H groups in total. The van der Waals surface area contributed by atoms with E-state index in [-0.39, 0.29) is 24.9 Å². The van der Waals surface area contributed by atoms with Crippen molar-refractivity contribution in [3.05, 3.63) is 66.1 Å². The zero-order valence-corrected chi connectivity index (χ0v) is 17.1. The Morgan fingerprint density at radius 2 is 1.83 bits per heavy atom. The molecular formula is C24H30N2O4. The van der Waals surface area contributed by atoms with E-state index in [1.165, 1.54) is 12.7 Å². The molecule has 1 aliphatic heterocycles. The third kappa shape index (κ3) is 4.89. The Kier molecular flexibility index (Phi) is 5.55. The normalized spacial score (nSPS) is 18.4. The molecule has 1 amide bonds. The van der Waals surface area contributed by atoms with Gasteiger partial charge in [0, 0.05) is 25.3 Å². The van der Waals surface area contributed by atoms with Gasteiger partial charge in [0.2, 0.25) is 5.91 Å². The Bertz CT molecular complexity index is 1050. The second-order valence-corrected chi connectivity index (χ2v) is 7.28. The Hall–Kier alpha value is -2.70. The highest BCUT2D eigenvalue weighted by Crippen LogP contribution is 2.35. The first-order chi connectivity index (χ1) is 16.7. The lowest BCUT2D eigenvalue weighted by molar-refractivity contribution is -0.151. The maximum Gasteiger partial charge on any atom is 0.332 e. The number of aliphatic hydroxyl groups is 1. The van der Waals surface area contributed by atoms with E-state index in [9.17, 15) is 14.7 Å². The summed E-state index contributed by atoms with van der Waals surface area (Å²) in [5.74, 6) is -1.44. The fourth-order valence-corrected chi connectivity index (χ4v) is 3.93. The molecule has 0 aromatic heterocycles. The van der Waals surface area contributed by atoms with Gasteiger partial charge in [-0.3, -0.25) is 9.69 Å². The van der Waals surface area contributed by atoms with Gasteiger partial charge in [-0.1, -0.05) is 48.5 Å². The van der Waals surface area contributed by atoms with E-state index in [4.69, 9.17) is 11.6 Å². The number of aliphatic hydroxyl groups excluding tert-OH is 1. The van der Waals surface area contributed by atoms with Gasteiger partial charge in [0.15, 0.2) is 0 Å². The number of hydrogen-bond acceptors (Lipinski definition) is 5. The van der Waals surface area contributed by atoms with Crippen LogP contribution in [0.3, 0.4) is 0 Å². The molecule has 3 rings (SSSR count). The van der Waals surface area contributed by atoms with Gasteiger partial charge in [0.25, 0.3) is 0 Å².